The number of carbonyl (C=O) groups is 1. The first-order valence-electron chi connectivity index (χ1n) is 6.10. The van der Waals surface area contributed by atoms with Gasteiger partial charge in [0.1, 0.15) is 5.54 Å². The van der Waals surface area contributed by atoms with E-state index in [-0.39, 0.29) is 6.10 Å². The number of nitrogens with one attached hydrogen (secondary N) is 1. The van der Waals surface area contributed by atoms with Gasteiger partial charge < -0.3 is 15.2 Å². The topological polar surface area (TPSA) is 58.6 Å². The molecule has 1 aliphatic carbocycles. The molecule has 94 valence electrons. The van der Waals surface area contributed by atoms with Crippen LogP contribution < -0.4 is 5.32 Å². The lowest BCUT2D eigenvalue weighted by Crippen LogP contribution is -2.50. The normalized spacial score (nSPS) is 29.9. The van der Waals surface area contributed by atoms with Crippen molar-refractivity contribution in [2.75, 3.05) is 13.2 Å². The van der Waals surface area contributed by atoms with E-state index in [1.165, 1.54) is 0 Å². The van der Waals surface area contributed by atoms with Crippen molar-refractivity contribution in [2.24, 2.45) is 5.92 Å². The minimum atomic E-state index is -0.754. The van der Waals surface area contributed by atoms with E-state index in [0.29, 0.717) is 31.9 Å². The van der Waals surface area contributed by atoms with E-state index in [1.54, 1.807) is 0 Å². The lowest BCUT2D eigenvalue weighted by atomic mass is 9.98. The van der Waals surface area contributed by atoms with Crippen LogP contribution in [0.25, 0.3) is 0 Å². The summed E-state index contributed by atoms with van der Waals surface area (Å²) in [5.41, 5.74) is -0.754. The molecule has 2 atom stereocenters. The highest BCUT2D eigenvalue weighted by atomic mass is 16.5. The molecule has 0 heterocycles. The molecule has 4 heteroatoms. The zero-order chi connectivity index (χ0) is 12.2. The van der Waals surface area contributed by atoms with Crippen LogP contribution in [-0.2, 0) is 9.53 Å². The minimum absolute atomic E-state index is 0.0950. The van der Waals surface area contributed by atoms with Crippen LogP contribution in [0.3, 0.4) is 0 Å². The Balaban J connectivity index is 2.50. The molecule has 1 aliphatic rings. The SMILES string of the molecule is CCNC1(C(=O)O)CCC(OCC(C)C)C1. The first kappa shape index (κ1) is 13.5. The molecule has 0 spiro atoms. The highest BCUT2D eigenvalue weighted by Crippen LogP contribution is 2.32. The van der Waals surface area contributed by atoms with Crippen LogP contribution in [0.5, 0.6) is 0 Å². The van der Waals surface area contributed by atoms with Gasteiger partial charge >= 0.3 is 5.97 Å². The van der Waals surface area contributed by atoms with Crippen LogP contribution >= 0.6 is 0 Å². The largest absolute Gasteiger partial charge is 0.480 e. The molecule has 2 unspecified atom stereocenters. The number of aliphatic carboxylic acids is 1. The summed E-state index contributed by atoms with van der Waals surface area (Å²) in [6.07, 6.45) is 2.19. The average Bonchev–Trinajstić information content (AvgIpc) is 2.60. The average molecular weight is 229 g/mol. The van der Waals surface area contributed by atoms with Crippen LogP contribution in [0.15, 0.2) is 0 Å². The van der Waals surface area contributed by atoms with Crippen LogP contribution in [0, 0.1) is 5.92 Å². The molecule has 1 fully saturated rings. The van der Waals surface area contributed by atoms with Gasteiger partial charge in [-0.2, -0.15) is 0 Å². The van der Waals surface area contributed by atoms with E-state index in [0.717, 1.165) is 6.42 Å². The van der Waals surface area contributed by atoms with E-state index in [2.05, 4.69) is 19.2 Å². The van der Waals surface area contributed by atoms with Gasteiger partial charge in [-0.15, -0.1) is 0 Å². The molecule has 1 rings (SSSR count). The lowest BCUT2D eigenvalue weighted by Gasteiger charge is -2.25. The molecular formula is C12H23NO3. The number of ether oxygens (including phenoxy) is 1. The van der Waals surface area contributed by atoms with Gasteiger partial charge in [0.05, 0.1) is 6.10 Å². The summed E-state index contributed by atoms with van der Waals surface area (Å²) < 4.78 is 5.71. The second kappa shape index (κ2) is 5.64. The maximum absolute atomic E-state index is 11.3. The molecule has 16 heavy (non-hydrogen) atoms. The molecule has 0 saturated heterocycles. The first-order valence-corrected chi connectivity index (χ1v) is 6.10. The number of hydrogen-bond acceptors (Lipinski definition) is 3. The molecular weight excluding hydrogens is 206 g/mol. The van der Waals surface area contributed by atoms with E-state index >= 15 is 0 Å². The maximum atomic E-state index is 11.3. The molecule has 0 bridgehead atoms. The molecule has 0 aromatic carbocycles. The first-order chi connectivity index (χ1) is 7.50. The number of carboxylic acid groups (broad SMARTS) is 1. The quantitative estimate of drug-likeness (QED) is 0.727. The van der Waals surface area contributed by atoms with Gasteiger partial charge in [-0.3, -0.25) is 4.79 Å². The van der Waals surface area contributed by atoms with Crippen LogP contribution in [0.2, 0.25) is 0 Å². The highest BCUT2D eigenvalue weighted by Gasteiger charge is 2.45. The number of hydrogen-bond donors (Lipinski definition) is 2. The Labute approximate surface area is 97.4 Å². The monoisotopic (exact) mass is 229 g/mol. The Hall–Kier alpha value is -0.610. The number of rotatable bonds is 6. The standard InChI is InChI=1S/C12H23NO3/c1-4-13-12(11(14)15)6-5-10(7-12)16-8-9(2)3/h9-10,13H,4-8H2,1-3H3,(H,14,15). The predicted octanol–water partition coefficient (Wildman–Crippen LogP) is 1.64. The fraction of sp³-hybridized carbons (Fsp3) is 0.917. The van der Waals surface area contributed by atoms with Crippen molar-refractivity contribution in [3.05, 3.63) is 0 Å². The van der Waals surface area contributed by atoms with Gasteiger partial charge in [-0.05, 0) is 25.3 Å². The Morgan fingerprint density at radius 1 is 1.62 bits per heavy atom. The van der Waals surface area contributed by atoms with Crippen molar-refractivity contribution in [3.63, 3.8) is 0 Å². The lowest BCUT2D eigenvalue weighted by molar-refractivity contribution is -0.145. The van der Waals surface area contributed by atoms with E-state index in [9.17, 15) is 9.90 Å². The molecule has 0 aromatic rings. The fourth-order valence-electron chi connectivity index (χ4n) is 2.24. The molecule has 2 N–H and O–H groups in total. The zero-order valence-electron chi connectivity index (χ0n) is 10.5. The van der Waals surface area contributed by atoms with Gasteiger partial charge in [0.25, 0.3) is 0 Å². The molecule has 0 aliphatic heterocycles. The zero-order valence-corrected chi connectivity index (χ0v) is 10.5. The van der Waals surface area contributed by atoms with Crippen molar-refractivity contribution in [1.29, 1.82) is 0 Å². The smallest absolute Gasteiger partial charge is 0.323 e. The second-order valence-electron chi connectivity index (χ2n) is 5.01. The predicted molar refractivity (Wildman–Crippen MR) is 62.5 cm³/mol. The summed E-state index contributed by atoms with van der Waals surface area (Å²) in [7, 11) is 0. The Morgan fingerprint density at radius 2 is 2.31 bits per heavy atom. The third-order valence-corrected chi connectivity index (χ3v) is 3.06. The van der Waals surface area contributed by atoms with Crippen molar-refractivity contribution in [3.8, 4) is 0 Å². The van der Waals surface area contributed by atoms with Gasteiger partial charge in [0.15, 0.2) is 0 Å². The second-order valence-corrected chi connectivity index (χ2v) is 5.01. The summed E-state index contributed by atoms with van der Waals surface area (Å²) >= 11 is 0. The number of likely N-dealkylation sites (N-methyl/N-ethyl adjacent to an activating group) is 1. The molecule has 0 amide bonds. The summed E-state index contributed by atoms with van der Waals surface area (Å²) in [6, 6.07) is 0. The summed E-state index contributed by atoms with van der Waals surface area (Å²) in [4.78, 5) is 11.3. The molecule has 0 radical (unpaired) electrons. The van der Waals surface area contributed by atoms with Gasteiger partial charge in [0.2, 0.25) is 0 Å². The van der Waals surface area contributed by atoms with E-state index in [1.807, 2.05) is 6.92 Å². The Morgan fingerprint density at radius 3 is 2.81 bits per heavy atom. The van der Waals surface area contributed by atoms with Crippen molar-refractivity contribution < 1.29 is 14.6 Å². The van der Waals surface area contributed by atoms with E-state index < -0.39 is 11.5 Å². The summed E-state index contributed by atoms with van der Waals surface area (Å²) in [5.74, 6) is -0.246. The van der Waals surface area contributed by atoms with Crippen LogP contribution in [0.4, 0.5) is 0 Å². The summed E-state index contributed by atoms with van der Waals surface area (Å²) in [5, 5.41) is 12.4. The molecule has 4 nitrogen and oxygen atoms in total. The highest BCUT2D eigenvalue weighted by molar-refractivity contribution is 5.79. The van der Waals surface area contributed by atoms with Gasteiger partial charge in [-0.1, -0.05) is 20.8 Å². The fourth-order valence-corrected chi connectivity index (χ4v) is 2.24. The summed E-state index contributed by atoms with van der Waals surface area (Å²) in [6.45, 7) is 7.54. The Kier molecular flexibility index (Phi) is 4.74. The third kappa shape index (κ3) is 3.19. The molecule has 0 aromatic heterocycles. The molecule has 1 saturated carbocycles. The van der Waals surface area contributed by atoms with Crippen molar-refractivity contribution >= 4 is 5.97 Å². The third-order valence-electron chi connectivity index (χ3n) is 3.06. The van der Waals surface area contributed by atoms with Gasteiger partial charge in [-0.25, -0.2) is 0 Å². The Bertz CT molecular complexity index is 242. The van der Waals surface area contributed by atoms with Crippen molar-refractivity contribution in [1.82, 2.24) is 5.32 Å². The van der Waals surface area contributed by atoms with Gasteiger partial charge in [0, 0.05) is 13.0 Å². The minimum Gasteiger partial charge on any atom is -0.480 e. The van der Waals surface area contributed by atoms with Crippen molar-refractivity contribution in [2.45, 2.75) is 51.7 Å². The maximum Gasteiger partial charge on any atom is 0.323 e. The number of carboxylic acids is 1. The van der Waals surface area contributed by atoms with Crippen LogP contribution in [0.1, 0.15) is 40.0 Å². The van der Waals surface area contributed by atoms with E-state index in [4.69, 9.17) is 4.74 Å². The van der Waals surface area contributed by atoms with Crippen LogP contribution in [-0.4, -0.2) is 35.9 Å².